The molecule has 0 spiro atoms. The van der Waals surface area contributed by atoms with Crippen molar-refractivity contribution in [1.29, 1.82) is 0 Å². The van der Waals surface area contributed by atoms with E-state index in [0.717, 1.165) is 11.3 Å². The molecule has 1 radical (unpaired) electrons. The smallest absolute Gasteiger partial charge is 0.231 e. The molecule has 0 amide bonds. The number of halogens is 1. The summed E-state index contributed by atoms with van der Waals surface area (Å²) in [6.45, 7) is 3.82. The van der Waals surface area contributed by atoms with Gasteiger partial charge in [-0.2, -0.15) is 4.98 Å². The molecule has 0 unspecified atom stereocenters. The largest absolute Gasteiger partial charge is 0.324 e. The van der Waals surface area contributed by atoms with Gasteiger partial charge in [0.2, 0.25) is 11.2 Å². The third-order valence-corrected chi connectivity index (χ3v) is 1.91. The van der Waals surface area contributed by atoms with E-state index < -0.39 is 0 Å². The molecule has 0 bridgehead atoms. The van der Waals surface area contributed by atoms with Crippen molar-refractivity contribution in [1.82, 2.24) is 15.0 Å². The summed E-state index contributed by atoms with van der Waals surface area (Å²) in [5, 5.41) is 3.16. The molecule has 75 valence electrons. The summed E-state index contributed by atoms with van der Waals surface area (Å²) < 4.78 is 0. The zero-order valence-corrected chi connectivity index (χ0v) is 8.57. The Bertz CT molecular complexity index is 429. The highest BCUT2D eigenvalue weighted by atomic mass is 35.5. The van der Waals surface area contributed by atoms with Crippen LogP contribution in [0.2, 0.25) is 5.28 Å². The number of benzene rings is 1. The van der Waals surface area contributed by atoms with Gasteiger partial charge in [0.15, 0.2) is 0 Å². The van der Waals surface area contributed by atoms with Gasteiger partial charge in [-0.1, -0.05) is 12.1 Å². The highest BCUT2D eigenvalue weighted by Crippen LogP contribution is 2.14. The molecule has 2 rings (SSSR count). The third-order valence-electron chi connectivity index (χ3n) is 1.73. The lowest BCUT2D eigenvalue weighted by Gasteiger charge is -2.04. The van der Waals surface area contributed by atoms with Crippen LogP contribution in [0.3, 0.4) is 0 Å². The summed E-state index contributed by atoms with van der Waals surface area (Å²) in [6, 6.07) is 7.59. The maximum Gasteiger partial charge on any atom is 0.231 e. The van der Waals surface area contributed by atoms with Crippen molar-refractivity contribution in [3.8, 4) is 0 Å². The Kier molecular flexibility index (Phi) is 2.78. The summed E-state index contributed by atoms with van der Waals surface area (Å²) in [5.41, 5.74) is 1.78. The van der Waals surface area contributed by atoms with Gasteiger partial charge in [0.05, 0.1) is 0 Å². The van der Waals surface area contributed by atoms with Crippen molar-refractivity contribution in [2.24, 2.45) is 0 Å². The molecule has 0 aliphatic carbocycles. The van der Waals surface area contributed by atoms with Crippen molar-refractivity contribution in [3.63, 3.8) is 0 Å². The van der Waals surface area contributed by atoms with Crippen LogP contribution < -0.4 is 5.32 Å². The molecule has 1 aromatic carbocycles. The summed E-state index contributed by atoms with van der Waals surface area (Å²) in [6.07, 6.45) is 1.35. The van der Waals surface area contributed by atoms with E-state index in [0.29, 0.717) is 5.95 Å². The first kappa shape index (κ1) is 9.86. The normalized spacial score (nSPS) is 10.0. The highest BCUT2D eigenvalue weighted by Gasteiger charge is 1.98. The lowest BCUT2D eigenvalue weighted by molar-refractivity contribution is 1.05. The maximum absolute atomic E-state index is 5.63. The molecule has 0 fully saturated rings. The Morgan fingerprint density at radius 1 is 1.27 bits per heavy atom. The minimum absolute atomic E-state index is 0.165. The fourth-order valence-electron chi connectivity index (χ4n) is 1.11. The fraction of sp³-hybridized carbons (Fsp3) is 0. The maximum atomic E-state index is 5.63. The average molecular weight is 220 g/mol. The fourth-order valence-corrected chi connectivity index (χ4v) is 1.24. The molecule has 0 aliphatic rings. The summed E-state index contributed by atoms with van der Waals surface area (Å²) in [7, 11) is 0. The zero-order valence-electron chi connectivity index (χ0n) is 7.81. The summed E-state index contributed by atoms with van der Waals surface area (Å²) in [4.78, 5) is 11.5. The van der Waals surface area contributed by atoms with Crippen LogP contribution in [-0.4, -0.2) is 15.0 Å². The predicted molar refractivity (Wildman–Crippen MR) is 59.0 cm³/mol. The Morgan fingerprint density at radius 2 is 2.13 bits per heavy atom. The number of hydrogen-bond donors (Lipinski definition) is 1. The van der Waals surface area contributed by atoms with Gasteiger partial charge < -0.3 is 5.32 Å². The van der Waals surface area contributed by atoms with Crippen molar-refractivity contribution in [3.05, 3.63) is 48.4 Å². The van der Waals surface area contributed by atoms with Crippen LogP contribution in [0.25, 0.3) is 0 Å². The SMILES string of the molecule is [CH2]c1cccc(Nc2ncnc(Cl)n2)c1. The lowest BCUT2D eigenvalue weighted by Crippen LogP contribution is -1.97. The Balaban J connectivity index is 2.22. The first-order valence-electron chi connectivity index (χ1n) is 4.27. The molecule has 15 heavy (non-hydrogen) atoms. The van der Waals surface area contributed by atoms with E-state index in [1.54, 1.807) is 0 Å². The monoisotopic (exact) mass is 219 g/mol. The van der Waals surface area contributed by atoms with E-state index in [9.17, 15) is 0 Å². The highest BCUT2D eigenvalue weighted by molar-refractivity contribution is 6.28. The first-order valence-corrected chi connectivity index (χ1v) is 4.65. The van der Waals surface area contributed by atoms with Crippen LogP contribution in [0.1, 0.15) is 5.56 Å². The van der Waals surface area contributed by atoms with Gasteiger partial charge in [-0.25, -0.2) is 9.97 Å². The molecule has 4 nitrogen and oxygen atoms in total. The van der Waals surface area contributed by atoms with E-state index in [4.69, 9.17) is 11.6 Å². The van der Waals surface area contributed by atoms with Crippen molar-refractivity contribution >= 4 is 23.2 Å². The minimum atomic E-state index is 0.165. The number of anilines is 2. The molecular formula is C10H8ClN4. The molecular weight excluding hydrogens is 212 g/mol. The van der Waals surface area contributed by atoms with Gasteiger partial charge >= 0.3 is 0 Å². The number of aromatic nitrogens is 3. The van der Waals surface area contributed by atoms with Gasteiger partial charge in [0.1, 0.15) is 6.33 Å². The molecule has 0 aliphatic heterocycles. The Labute approximate surface area is 92.4 Å². The van der Waals surface area contributed by atoms with E-state index in [1.165, 1.54) is 6.33 Å². The molecule has 0 atom stereocenters. The number of hydrogen-bond acceptors (Lipinski definition) is 4. The molecule has 0 saturated carbocycles. The van der Waals surface area contributed by atoms with Gasteiger partial charge in [0, 0.05) is 5.69 Å². The van der Waals surface area contributed by atoms with Gasteiger partial charge in [0.25, 0.3) is 0 Å². The van der Waals surface area contributed by atoms with Gasteiger partial charge in [-0.3, -0.25) is 0 Å². The second kappa shape index (κ2) is 4.23. The minimum Gasteiger partial charge on any atom is -0.324 e. The van der Waals surface area contributed by atoms with Crippen molar-refractivity contribution < 1.29 is 0 Å². The molecule has 5 heteroatoms. The third kappa shape index (κ3) is 2.63. The Morgan fingerprint density at radius 3 is 2.87 bits per heavy atom. The van der Waals surface area contributed by atoms with Gasteiger partial charge in [-0.05, 0) is 36.2 Å². The first-order chi connectivity index (χ1) is 7.24. The number of nitrogens with zero attached hydrogens (tertiary/aromatic N) is 3. The van der Waals surface area contributed by atoms with Gasteiger partial charge in [-0.15, -0.1) is 0 Å². The molecule has 1 heterocycles. The van der Waals surface area contributed by atoms with Crippen molar-refractivity contribution in [2.75, 3.05) is 5.32 Å². The van der Waals surface area contributed by atoms with Crippen LogP contribution >= 0.6 is 11.6 Å². The molecule has 2 aromatic rings. The van der Waals surface area contributed by atoms with E-state index >= 15 is 0 Å². The summed E-state index contributed by atoms with van der Waals surface area (Å²) >= 11 is 5.63. The number of rotatable bonds is 2. The molecule has 1 aromatic heterocycles. The second-order valence-corrected chi connectivity index (χ2v) is 3.24. The van der Waals surface area contributed by atoms with Crippen LogP contribution in [0, 0.1) is 6.92 Å². The van der Waals surface area contributed by atoms with Crippen molar-refractivity contribution in [2.45, 2.75) is 0 Å². The van der Waals surface area contributed by atoms with E-state index in [2.05, 4.69) is 27.2 Å². The van der Waals surface area contributed by atoms with E-state index in [-0.39, 0.29) is 5.28 Å². The predicted octanol–water partition coefficient (Wildman–Crippen LogP) is 2.45. The molecule has 1 N–H and O–H groups in total. The van der Waals surface area contributed by atoms with E-state index in [1.807, 2.05) is 24.3 Å². The quantitative estimate of drug-likeness (QED) is 0.843. The standard InChI is InChI=1S/C10H8ClN4/c1-7-3-2-4-8(5-7)14-10-13-6-12-9(11)15-10/h2-6H,1H2,(H,12,13,14,15). The molecule has 0 saturated heterocycles. The topological polar surface area (TPSA) is 50.7 Å². The zero-order chi connectivity index (χ0) is 10.7. The van der Waals surface area contributed by atoms with Crippen LogP contribution in [0.15, 0.2) is 30.6 Å². The van der Waals surface area contributed by atoms with Crippen LogP contribution in [0.5, 0.6) is 0 Å². The Hall–Kier alpha value is -1.68. The summed E-state index contributed by atoms with van der Waals surface area (Å²) in [5.74, 6) is 0.417. The van der Waals surface area contributed by atoms with Crippen LogP contribution in [-0.2, 0) is 0 Å². The number of nitrogens with one attached hydrogen (secondary N) is 1. The van der Waals surface area contributed by atoms with Crippen LogP contribution in [0.4, 0.5) is 11.6 Å². The lowest BCUT2D eigenvalue weighted by atomic mass is 10.2. The average Bonchev–Trinajstić information content (AvgIpc) is 2.17. The second-order valence-electron chi connectivity index (χ2n) is 2.90.